The highest BCUT2D eigenvalue weighted by Gasteiger charge is 2.17. The number of aromatic nitrogens is 1. The van der Waals surface area contributed by atoms with Crippen molar-refractivity contribution in [1.29, 1.82) is 0 Å². The van der Waals surface area contributed by atoms with Gasteiger partial charge in [-0.15, -0.1) is 0 Å². The Morgan fingerprint density at radius 2 is 2.06 bits per heavy atom. The Balaban J connectivity index is 2.29. The Hall–Kier alpha value is -1.94. The predicted molar refractivity (Wildman–Crippen MR) is 63.1 cm³/mol. The molecular formula is C12H8ClNO3. The molecule has 0 aliphatic carbocycles. The number of halogens is 1. The van der Waals surface area contributed by atoms with Crippen molar-refractivity contribution in [2.24, 2.45) is 0 Å². The zero-order valence-electron chi connectivity index (χ0n) is 8.90. The minimum absolute atomic E-state index is 0.0301. The van der Waals surface area contributed by atoms with Crippen LogP contribution in [0.3, 0.4) is 0 Å². The number of hydrogen-bond acceptors (Lipinski definition) is 4. The molecule has 1 aromatic carbocycles. The van der Waals surface area contributed by atoms with E-state index in [1.54, 1.807) is 6.07 Å². The number of nitrogens with zero attached hydrogens (tertiary/aromatic N) is 1. The van der Waals surface area contributed by atoms with Gasteiger partial charge in [0.15, 0.2) is 17.0 Å². The van der Waals surface area contributed by atoms with Gasteiger partial charge in [-0.25, -0.2) is 0 Å². The SMILES string of the molecule is Cc1ccc(-c2noc3c(Cl)c(O)ccc23)o1. The van der Waals surface area contributed by atoms with Crippen molar-refractivity contribution in [2.75, 3.05) is 0 Å². The molecule has 0 atom stereocenters. The lowest BCUT2D eigenvalue weighted by Gasteiger charge is -1.95. The highest BCUT2D eigenvalue weighted by molar-refractivity contribution is 6.36. The van der Waals surface area contributed by atoms with Crippen LogP contribution in [0.4, 0.5) is 0 Å². The molecule has 17 heavy (non-hydrogen) atoms. The number of furan rings is 1. The second-order valence-electron chi connectivity index (χ2n) is 3.72. The Bertz CT molecular complexity index is 699. The van der Waals surface area contributed by atoms with Gasteiger partial charge in [0.1, 0.15) is 16.5 Å². The van der Waals surface area contributed by atoms with Crippen LogP contribution in [0.5, 0.6) is 5.75 Å². The van der Waals surface area contributed by atoms with E-state index in [4.69, 9.17) is 20.5 Å². The summed E-state index contributed by atoms with van der Waals surface area (Å²) < 4.78 is 10.6. The summed E-state index contributed by atoms with van der Waals surface area (Å²) in [5, 5.41) is 14.2. The maximum atomic E-state index is 9.46. The van der Waals surface area contributed by atoms with Crippen LogP contribution in [0.15, 0.2) is 33.2 Å². The van der Waals surface area contributed by atoms with Crippen LogP contribution < -0.4 is 0 Å². The molecule has 0 fully saturated rings. The maximum Gasteiger partial charge on any atom is 0.189 e. The van der Waals surface area contributed by atoms with Gasteiger partial charge in [-0.1, -0.05) is 16.8 Å². The number of rotatable bonds is 1. The molecule has 2 heterocycles. The van der Waals surface area contributed by atoms with Crippen LogP contribution >= 0.6 is 11.6 Å². The van der Waals surface area contributed by atoms with E-state index in [0.717, 1.165) is 5.76 Å². The van der Waals surface area contributed by atoms with Gasteiger partial charge >= 0.3 is 0 Å². The monoisotopic (exact) mass is 249 g/mol. The zero-order chi connectivity index (χ0) is 12.0. The lowest BCUT2D eigenvalue weighted by Crippen LogP contribution is -1.74. The number of aryl methyl sites for hydroxylation is 1. The fraction of sp³-hybridized carbons (Fsp3) is 0.0833. The average Bonchev–Trinajstić information content (AvgIpc) is 2.89. The van der Waals surface area contributed by atoms with E-state index in [9.17, 15) is 5.11 Å². The molecule has 0 radical (unpaired) electrons. The van der Waals surface area contributed by atoms with Crippen molar-refractivity contribution in [3.05, 3.63) is 35.0 Å². The molecule has 3 aromatic rings. The third-order valence-electron chi connectivity index (χ3n) is 2.53. The molecule has 0 unspecified atom stereocenters. The average molecular weight is 250 g/mol. The van der Waals surface area contributed by atoms with E-state index in [1.807, 2.05) is 19.1 Å². The topological polar surface area (TPSA) is 59.4 Å². The third kappa shape index (κ3) is 1.49. The summed E-state index contributed by atoms with van der Waals surface area (Å²) >= 11 is 5.92. The van der Waals surface area contributed by atoms with Gasteiger partial charge in [-0.05, 0) is 31.2 Å². The Labute approximate surface area is 101 Å². The van der Waals surface area contributed by atoms with Gasteiger partial charge in [0.2, 0.25) is 0 Å². The predicted octanol–water partition coefficient (Wildman–Crippen LogP) is 3.76. The lowest BCUT2D eigenvalue weighted by atomic mass is 10.2. The molecule has 0 bridgehead atoms. The molecule has 0 saturated carbocycles. The first-order chi connectivity index (χ1) is 8.16. The highest BCUT2D eigenvalue weighted by Crippen LogP contribution is 2.37. The molecule has 4 nitrogen and oxygen atoms in total. The van der Waals surface area contributed by atoms with Crippen molar-refractivity contribution >= 4 is 22.6 Å². The number of hydrogen-bond donors (Lipinski definition) is 1. The molecule has 5 heteroatoms. The molecule has 86 valence electrons. The van der Waals surface area contributed by atoms with Crippen molar-refractivity contribution in [2.45, 2.75) is 6.92 Å². The summed E-state index contributed by atoms with van der Waals surface area (Å²) in [5.74, 6) is 1.38. The number of phenolic OH excluding ortho intramolecular Hbond substituents is 1. The van der Waals surface area contributed by atoms with E-state index in [-0.39, 0.29) is 10.8 Å². The molecule has 0 aliphatic rings. The Morgan fingerprint density at radius 3 is 2.76 bits per heavy atom. The molecule has 2 aromatic heterocycles. The third-order valence-corrected chi connectivity index (χ3v) is 2.90. The van der Waals surface area contributed by atoms with Crippen LogP contribution in [0.2, 0.25) is 5.02 Å². The minimum Gasteiger partial charge on any atom is -0.506 e. The van der Waals surface area contributed by atoms with Crippen LogP contribution in [-0.4, -0.2) is 10.3 Å². The summed E-state index contributed by atoms with van der Waals surface area (Å²) in [6.07, 6.45) is 0. The smallest absolute Gasteiger partial charge is 0.189 e. The second-order valence-corrected chi connectivity index (χ2v) is 4.09. The van der Waals surface area contributed by atoms with E-state index >= 15 is 0 Å². The zero-order valence-corrected chi connectivity index (χ0v) is 9.65. The Morgan fingerprint density at radius 1 is 1.24 bits per heavy atom. The maximum absolute atomic E-state index is 9.46. The first kappa shape index (κ1) is 10.2. The largest absolute Gasteiger partial charge is 0.506 e. The molecule has 0 spiro atoms. The van der Waals surface area contributed by atoms with Crippen molar-refractivity contribution in [1.82, 2.24) is 5.16 Å². The van der Waals surface area contributed by atoms with Gasteiger partial charge in [0.25, 0.3) is 0 Å². The van der Waals surface area contributed by atoms with Crippen molar-refractivity contribution in [3.8, 4) is 17.2 Å². The van der Waals surface area contributed by atoms with E-state index in [0.29, 0.717) is 22.4 Å². The van der Waals surface area contributed by atoms with Crippen LogP contribution in [0.25, 0.3) is 22.4 Å². The van der Waals surface area contributed by atoms with Gasteiger partial charge in [-0.2, -0.15) is 0 Å². The van der Waals surface area contributed by atoms with Crippen LogP contribution in [-0.2, 0) is 0 Å². The van der Waals surface area contributed by atoms with Crippen LogP contribution in [0.1, 0.15) is 5.76 Å². The summed E-state index contributed by atoms with van der Waals surface area (Å²) in [5.41, 5.74) is 0.936. The summed E-state index contributed by atoms with van der Waals surface area (Å²) in [4.78, 5) is 0. The fourth-order valence-electron chi connectivity index (χ4n) is 1.70. The molecule has 1 N–H and O–H groups in total. The van der Waals surface area contributed by atoms with E-state index < -0.39 is 0 Å². The lowest BCUT2D eigenvalue weighted by molar-refractivity contribution is 0.447. The second kappa shape index (κ2) is 3.53. The highest BCUT2D eigenvalue weighted by atomic mass is 35.5. The van der Waals surface area contributed by atoms with E-state index in [1.165, 1.54) is 6.07 Å². The molecule has 0 aliphatic heterocycles. The van der Waals surface area contributed by atoms with E-state index in [2.05, 4.69) is 5.16 Å². The number of fused-ring (bicyclic) bond motifs is 1. The summed E-state index contributed by atoms with van der Waals surface area (Å²) in [6.45, 7) is 1.85. The quantitative estimate of drug-likeness (QED) is 0.713. The van der Waals surface area contributed by atoms with Crippen molar-refractivity contribution in [3.63, 3.8) is 0 Å². The molecular weight excluding hydrogens is 242 g/mol. The number of aromatic hydroxyl groups is 1. The molecule has 0 amide bonds. The fourth-order valence-corrected chi connectivity index (χ4v) is 1.90. The molecule has 3 rings (SSSR count). The standard InChI is InChI=1S/C12H8ClNO3/c1-6-2-5-9(16-6)11-7-3-4-8(15)10(13)12(7)17-14-11/h2-5,15H,1H3. The van der Waals surface area contributed by atoms with Gasteiger partial charge in [0, 0.05) is 0 Å². The van der Waals surface area contributed by atoms with Crippen molar-refractivity contribution < 1.29 is 14.0 Å². The molecule has 0 saturated heterocycles. The summed E-state index contributed by atoms with van der Waals surface area (Å²) in [6, 6.07) is 6.85. The number of benzene rings is 1. The first-order valence-electron chi connectivity index (χ1n) is 5.00. The summed E-state index contributed by atoms with van der Waals surface area (Å²) in [7, 11) is 0. The normalized spacial score (nSPS) is 11.2. The van der Waals surface area contributed by atoms with Gasteiger partial charge in [0.05, 0.1) is 5.39 Å². The van der Waals surface area contributed by atoms with Gasteiger partial charge in [-0.3, -0.25) is 0 Å². The van der Waals surface area contributed by atoms with Crippen LogP contribution in [0, 0.1) is 6.92 Å². The minimum atomic E-state index is -0.0301. The first-order valence-corrected chi connectivity index (χ1v) is 5.38. The Kier molecular flexibility index (Phi) is 2.12. The van der Waals surface area contributed by atoms with Gasteiger partial charge < -0.3 is 14.0 Å². The number of phenols is 1.